The van der Waals surface area contributed by atoms with E-state index in [4.69, 9.17) is 16.3 Å². The molecular formula is C51H75ClN8O11. The molecular weight excluding hydrogens is 936 g/mol. The summed E-state index contributed by atoms with van der Waals surface area (Å²) in [5, 5.41) is 19.9. The Morgan fingerprint density at radius 1 is 0.859 bits per heavy atom. The van der Waals surface area contributed by atoms with Gasteiger partial charge in [0.1, 0.15) is 30.5 Å². The lowest BCUT2D eigenvalue weighted by molar-refractivity contribution is -0.167. The first-order valence-electron chi connectivity index (χ1n) is 24.1. The first kappa shape index (κ1) is 59.4. The lowest BCUT2D eigenvalue weighted by Gasteiger charge is -2.36. The molecule has 0 spiro atoms. The van der Waals surface area contributed by atoms with Gasteiger partial charge in [0, 0.05) is 52.6 Å². The van der Waals surface area contributed by atoms with Crippen LogP contribution in [-0.2, 0) is 60.7 Å². The molecule has 392 valence electrons. The molecule has 4 N–H and O–H groups in total. The molecule has 3 rings (SSSR count). The fourth-order valence-corrected chi connectivity index (χ4v) is 8.78. The highest BCUT2D eigenvalue weighted by atomic mass is 35.5. The number of hydrogen-bond acceptors (Lipinski definition) is 12. The van der Waals surface area contributed by atoms with E-state index in [1.165, 1.54) is 56.7 Å². The minimum Gasteiger partial charge on any atom is -0.454 e. The summed E-state index contributed by atoms with van der Waals surface area (Å²) in [6.07, 6.45) is 2.30. The zero-order chi connectivity index (χ0) is 53.3. The summed E-state index contributed by atoms with van der Waals surface area (Å²) in [5.41, 5.74) is -0.484. The van der Waals surface area contributed by atoms with Crippen LogP contribution < -0.4 is 16.0 Å². The largest absolute Gasteiger partial charge is 0.454 e. The van der Waals surface area contributed by atoms with Crippen LogP contribution in [0.5, 0.6) is 0 Å². The van der Waals surface area contributed by atoms with Gasteiger partial charge in [-0.1, -0.05) is 88.2 Å². The number of aliphatic hydroxyl groups is 1. The lowest BCUT2D eigenvalue weighted by atomic mass is 9.95. The van der Waals surface area contributed by atoms with Gasteiger partial charge in [0.15, 0.2) is 12.6 Å². The summed E-state index contributed by atoms with van der Waals surface area (Å²) < 4.78 is 5.33. The smallest absolute Gasteiger partial charge is 0.332 e. The van der Waals surface area contributed by atoms with Crippen molar-refractivity contribution in [1.82, 2.24) is 40.4 Å². The maximum atomic E-state index is 14.9. The van der Waals surface area contributed by atoms with Crippen LogP contribution in [0.25, 0.3) is 0 Å². The van der Waals surface area contributed by atoms with Gasteiger partial charge in [-0.15, -0.1) is 0 Å². The Bertz CT molecular complexity index is 2170. The fourth-order valence-electron chi connectivity index (χ4n) is 8.57. The van der Waals surface area contributed by atoms with E-state index in [9.17, 15) is 48.3 Å². The van der Waals surface area contributed by atoms with Gasteiger partial charge < -0.3 is 55.1 Å². The summed E-state index contributed by atoms with van der Waals surface area (Å²) in [6, 6.07) is 9.07. The number of amides is 7. The van der Waals surface area contributed by atoms with Gasteiger partial charge in [-0.25, -0.2) is 4.79 Å². The average Bonchev–Trinajstić information content (AvgIpc) is 3.82. The number of carbonyl (C=O) groups excluding carboxylic acids is 9. The van der Waals surface area contributed by atoms with Crippen LogP contribution in [0.1, 0.15) is 78.4 Å². The quantitative estimate of drug-likeness (QED) is 0.0782. The van der Waals surface area contributed by atoms with Crippen molar-refractivity contribution in [3.05, 3.63) is 70.7 Å². The van der Waals surface area contributed by atoms with Crippen LogP contribution in [0.15, 0.2) is 54.6 Å². The number of carbonyl (C=O) groups is 9. The summed E-state index contributed by atoms with van der Waals surface area (Å²) in [4.78, 5) is 128. The Labute approximate surface area is 423 Å². The lowest BCUT2D eigenvalue weighted by Crippen LogP contribution is -2.60. The molecule has 20 heteroatoms. The van der Waals surface area contributed by atoms with Crippen LogP contribution in [0, 0.1) is 11.8 Å². The number of likely N-dealkylation sites (N-methyl/N-ethyl adjacent to an activating group) is 5. The highest BCUT2D eigenvalue weighted by Gasteiger charge is 2.44. The van der Waals surface area contributed by atoms with Crippen molar-refractivity contribution in [3.8, 4) is 0 Å². The molecule has 0 radical (unpaired) electrons. The van der Waals surface area contributed by atoms with E-state index in [0.717, 1.165) is 9.80 Å². The SMILES string of the molecule is CCC(C)C(NC(=O)[C@@H]1CCCN1C(=O)[C@H](Cc1cccc(Cl)c1)N(C)C(=O)[C@H](Cc1ccccc1)NC(=O)CN(C)C(=O)COC(=O)C(N(C)C(=O)[C@H](CC(C)C)NC)C(C)(C)O)C(=O)N(C)CC=O. The summed E-state index contributed by atoms with van der Waals surface area (Å²) in [6.45, 7) is 8.86. The molecule has 1 fully saturated rings. The van der Waals surface area contributed by atoms with Crippen LogP contribution >= 0.6 is 11.6 Å². The molecule has 1 aliphatic rings. The van der Waals surface area contributed by atoms with Crippen LogP contribution in [0.2, 0.25) is 5.02 Å². The molecule has 7 amide bonds. The van der Waals surface area contributed by atoms with E-state index in [0.29, 0.717) is 41.7 Å². The van der Waals surface area contributed by atoms with E-state index in [1.807, 2.05) is 27.7 Å². The van der Waals surface area contributed by atoms with Crippen LogP contribution in [0.3, 0.4) is 0 Å². The number of halogens is 1. The Morgan fingerprint density at radius 2 is 1.49 bits per heavy atom. The maximum Gasteiger partial charge on any atom is 0.332 e. The topological polar surface area (TPSA) is 235 Å². The third-order valence-electron chi connectivity index (χ3n) is 12.8. The van der Waals surface area contributed by atoms with Gasteiger partial charge in [-0.05, 0) is 75.3 Å². The fraction of sp³-hybridized carbons (Fsp3) is 0.588. The standard InChI is InChI=1S/C51H75ClN8O11/c1-12-33(4)43(49(68)56(8)24-25-61)55-45(64)39-22-17-23-60(39)48(67)40(29-35-20-16-21-36(52)27-35)58(10)47(66)38(28-34-18-14-13-15-19-34)54-41(62)30-57(9)42(63)31-71-50(69)44(51(5,6)70)59(11)46(65)37(53-7)26-32(2)3/h13-16,18-21,25,27,32-33,37-40,43-44,53,70H,12,17,22-24,26,28-31H2,1-11H3,(H,54,62)(H,55,64)/t33?,37-,38-,39-,40-,43?,44?/m0/s1. The molecule has 3 unspecified atom stereocenters. The number of nitrogens with zero attached hydrogens (tertiary/aromatic N) is 5. The van der Waals surface area contributed by atoms with Gasteiger partial charge in [0.2, 0.25) is 35.4 Å². The summed E-state index contributed by atoms with van der Waals surface area (Å²) in [7, 11) is 7.19. The molecule has 2 aromatic carbocycles. The number of nitrogens with one attached hydrogen (secondary N) is 3. The Hall–Kier alpha value is -5.92. The number of likely N-dealkylation sites (tertiary alicyclic amines) is 1. The number of rotatable bonds is 26. The van der Waals surface area contributed by atoms with Crippen LogP contribution in [0.4, 0.5) is 0 Å². The van der Waals surface area contributed by atoms with Crippen molar-refractivity contribution >= 4 is 65.2 Å². The molecule has 0 bridgehead atoms. The van der Waals surface area contributed by atoms with E-state index < -0.39 is 102 Å². The molecule has 1 saturated heterocycles. The zero-order valence-corrected chi connectivity index (χ0v) is 43.9. The van der Waals surface area contributed by atoms with Crippen LogP contribution in [-0.4, -0.2) is 187 Å². The predicted octanol–water partition coefficient (Wildman–Crippen LogP) is 1.85. The van der Waals surface area contributed by atoms with Gasteiger partial charge in [0.05, 0.1) is 24.7 Å². The van der Waals surface area contributed by atoms with Gasteiger partial charge in [-0.2, -0.15) is 0 Å². The van der Waals surface area contributed by atoms with E-state index in [1.54, 1.807) is 61.6 Å². The monoisotopic (exact) mass is 1010 g/mol. The van der Waals surface area contributed by atoms with Crippen molar-refractivity contribution in [2.24, 2.45) is 11.8 Å². The number of esters is 1. The first-order chi connectivity index (χ1) is 33.4. The molecule has 19 nitrogen and oxygen atoms in total. The third kappa shape index (κ3) is 17.1. The highest BCUT2D eigenvalue weighted by molar-refractivity contribution is 6.30. The summed E-state index contributed by atoms with van der Waals surface area (Å²) in [5.74, 6) is -5.40. The first-order valence-corrected chi connectivity index (χ1v) is 24.4. The average molecular weight is 1010 g/mol. The molecule has 1 heterocycles. The third-order valence-corrected chi connectivity index (χ3v) is 13.0. The van der Waals surface area contributed by atoms with Crippen molar-refractivity contribution < 1.29 is 53.0 Å². The molecule has 0 aliphatic carbocycles. The Kier molecular flexibility index (Phi) is 23.1. The van der Waals surface area contributed by atoms with E-state index >= 15 is 0 Å². The normalized spacial score (nSPS) is 16.1. The van der Waals surface area contributed by atoms with Crippen molar-refractivity contribution in [1.29, 1.82) is 0 Å². The molecule has 0 aromatic heterocycles. The second kappa shape index (κ2) is 27.6. The number of hydrogen-bond donors (Lipinski definition) is 4. The number of benzene rings is 2. The Balaban J connectivity index is 1.88. The number of aldehydes is 1. The second-order valence-electron chi connectivity index (χ2n) is 19.4. The van der Waals surface area contributed by atoms with Gasteiger partial charge >= 0.3 is 5.97 Å². The highest BCUT2D eigenvalue weighted by Crippen LogP contribution is 2.25. The van der Waals surface area contributed by atoms with E-state index in [-0.39, 0.29) is 44.2 Å². The number of ether oxygens (including phenoxy) is 1. The second-order valence-corrected chi connectivity index (χ2v) is 19.8. The molecule has 2 aromatic rings. The molecule has 0 saturated carbocycles. The Morgan fingerprint density at radius 3 is 2.07 bits per heavy atom. The van der Waals surface area contributed by atoms with Gasteiger partial charge in [0.25, 0.3) is 5.91 Å². The maximum absolute atomic E-state index is 14.9. The predicted molar refractivity (Wildman–Crippen MR) is 267 cm³/mol. The van der Waals surface area contributed by atoms with Crippen molar-refractivity contribution in [2.75, 3.05) is 61.5 Å². The molecule has 71 heavy (non-hydrogen) atoms. The van der Waals surface area contributed by atoms with Gasteiger partial charge in [-0.3, -0.25) is 33.6 Å². The molecule has 1 aliphatic heterocycles. The summed E-state index contributed by atoms with van der Waals surface area (Å²) >= 11 is 6.37. The minimum atomic E-state index is -1.77. The van der Waals surface area contributed by atoms with E-state index in [2.05, 4.69) is 16.0 Å². The zero-order valence-electron chi connectivity index (χ0n) is 43.1. The minimum absolute atomic E-state index is 0.0163. The van der Waals surface area contributed by atoms with Crippen molar-refractivity contribution in [2.45, 2.75) is 122 Å². The molecule has 7 atom stereocenters. The van der Waals surface area contributed by atoms with Crippen molar-refractivity contribution in [3.63, 3.8) is 0 Å².